The van der Waals surface area contributed by atoms with Gasteiger partial charge in [0.25, 0.3) is 0 Å². The lowest BCUT2D eigenvalue weighted by atomic mass is 10.1. The Hall–Kier alpha value is -0.703. The van der Waals surface area contributed by atoms with Crippen molar-refractivity contribution in [3.63, 3.8) is 0 Å². The molecule has 0 saturated carbocycles. The second kappa shape index (κ2) is 7.68. The van der Waals surface area contributed by atoms with Crippen molar-refractivity contribution in [3.8, 4) is 0 Å². The number of hydrogen-bond acceptors (Lipinski definition) is 2. The van der Waals surface area contributed by atoms with Crippen LogP contribution >= 0.6 is 0 Å². The highest BCUT2D eigenvalue weighted by molar-refractivity contribution is 6.10. The fraction of sp³-hybridized carbons (Fsp3) is 0.636. The minimum absolute atomic E-state index is 0.799. The molecule has 0 aromatic heterocycles. The molecule has 0 amide bonds. The van der Waals surface area contributed by atoms with Gasteiger partial charge in [0.05, 0.1) is 32.2 Å². The summed E-state index contributed by atoms with van der Waals surface area (Å²) in [6.45, 7) is 4.46. The van der Waals surface area contributed by atoms with E-state index < -0.39 is 0 Å². The molecular formula is C11H22O2Si. The molecule has 0 radical (unpaired) electrons. The predicted octanol–water partition coefficient (Wildman–Crippen LogP) is 2.02. The van der Waals surface area contributed by atoms with Gasteiger partial charge in [0.2, 0.25) is 0 Å². The minimum atomic E-state index is 0.799. The van der Waals surface area contributed by atoms with Gasteiger partial charge in [0, 0.05) is 10.2 Å². The standard InChI is InChI=1S/C8H12O2.C3H10Si/c1-9-7-4-3-5-8(6-7)10-2;1-3(2)4/h4-5H,3,6H2,1-2H3;3H,1-2,4H3. The van der Waals surface area contributed by atoms with E-state index in [0.717, 1.165) is 29.9 Å². The van der Waals surface area contributed by atoms with E-state index in [9.17, 15) is 0 Å². The summed E-state index contributed by atoms with van der Waals surface area (Å²) in [4.78, 5) is 0. The first-order chi connectivity index (χ1) is 6.60. The lowest BCUT2D eigenvalue weighted by molar-refractivity contribution is 0.233. The van der Waals surface area contributed by atoms with E-state index in [1.165, 1.54) is 10.2 Å². The van der Waals surface area contributed by atoms with Crippen LogP contribution in [-0.2, 0) is 9.47 Å². The Kier molecular flexibility index (Phi) is 7.29. The maximum Gasteiger partial charge on any atom is 0.0993 e. The van der Waals surface area contributed by atoms with Crippen LogP contribution in [0.25, 0.3) is 0 Å². The molecule has 0 aromatic carbocycles. The van der Waals surface area contributed by atoms with Gasteiger partial charge in [-0.05, 0) is 18.6 Å². The Morgan fingerprint density at radius 2 is 1.50 bits per heavy atom. The van der Waals surface area contributed by atoms with Crippen LogP contribution in [0.15, 0.2) is 23.7 Å². The SMILES string of the molecule is CC(C)[SiH3].COC1=CCC=C(OC)C1. The molecule has 0 fully saturated rings. The van der Waals surface area contributed by atoms with E-state index in [-0.39, 0.29) is 0 Å². The molecule has 0 spiro atoms. The van der Waals surface area contributed by atoms with E-state index in [1.54, 1.807) is 14.2 Å². The molecular weight excluding hydrogens is 192 g/mol. The van der Waals surface area contributed by atoms with Crippen molar-refractivity contribution in [2.45, 2.75) is 32.2 Å². The number of hydrogen-bond donors (Lipinski definition) is 0. The third-order valence-electron chi connectivity index (χ3n) is 1.56. The van der Waals surface area contributed by atoms with Crippen LogP contribution in [0.4, 0.5) is 0 Å². The molecule has 1 aliphatic carbocycles. The van der Waals surface area contributed by atoms with Gasteiger partial charge in [-0.1, -0.05) is 19.4 Å². The van der Waals surface area contributed by atoms with Crippen molar-refractivity contribution < 1.29 is 9.47 Å². The summed E-state index contributed by atoms with van der Waals surface area (Å²) < 4.78 is 10.1. The second-order valence-corrected chi connectivity index (χ2v) is 6.20. The van der Waals surface area contributed by atoms with Crippen LogP contribution in [0.5, 0.6) is 0 Å². The Labute approximate surface area is 90.4 Å². The number of rotatable bonds is 2. The summed E-state index contributed by atoms with van der Waals surface area (Å²) in [5, 5.41) is 0. The average Bonchev–Trinajstić information content (AvgIpc) is 2.17. The number of allylic oxidation sites excluding steroid dienone is 2. The van der Waals surface area contributed by atoms with Gasteiger partial charge in [-0.3, -0.25) is 0 Å². The summed E-state index contributed by atoms with van der Waals surface area (Å²) >= 11 is 0. The normalized spacial score (nSPS) is 15.2. The largest absolute Gasteiger partial charge is 0.501 e. The molecule has 3 heteroatoms. The summed E-state index contributed by atoms with van der Waals surface area (Å²) in [6.07, 6.45) is 5.84. The van der Waals surface area contributed by atoms with E-state index in [4.69, 9.17) is 9.47 Å². The predicted molar refractivity (Wildman–Crippen MR) is 64.5 cm³/mol. The van der Waals surface area contributed by atoms with Gasteiger partial charge >= 0.3 is 0 Å². The fourth-order valence-corrected chi connectivity index (χ4v) is 0.949. The lowest BCUT2D eigenvalue weighted by Crippen LogP contribution is -1.97. The van der Waals surface area contributed by atoms with E-state index in [2.05, 4.69) is 26.0 Å². The molecule has 0 saturated heterocycles. The van der Waals surface area contributed by atoms with Gasteiger partial charge in [-0.25, -0.2) is 0 Å². The second-order valence-electron chi connectivity index (χ2n) is 3.89. The first-order valence-corrected chi connectivity index (χ1v) is 6.21. The zero-order chi connectivity index (χ0) is 11.0. The maximum absolute atomic E-state index is 5.06. The summed E-state index contributed by atoms with van der Waals surface area (Å²) in [5.41, 5.74) is 0.972. The van der Waals surface area contributed by atoms with Crippen LogP contribution in [-0.4, -0.2) is 24.5 Å². The Morgan fingerprint density at radius 1 is 1.14 bits per heavy atom. The van der Waals surface area contributed by atoms with Crippen molar-refractivity contribution in [1.29, 1.82) is 0 Å². The molecule has 82 valence electrons. The molecule has 0 N–H and O–H groups in total. The van der Waals surface area contributed by atoms with Crippen LogP contribution in [0.2, 0.25) is 5.54 Å². The van der Waals surface area contributed by atoms with Crippen molar-refractivity contribution in [2.75, 3.05) is 14.2 Å². The van der Waals surface area contributed by atoms with Gasteiger partial charge in [-0.15, -0.1) is 0 Å². The highest BCUT2D eigenvalue weighted by Gasteiger charge is 2.05. The van der Waals surface area contributed by atoms with Crippen LogP contribution in [0.1, 0.15) is 26.7 Å². The molecule has 0 bridgehead atoms. The lowest BCUT2D eigenvalue weighted by Gasteiger charge is -2.12. The van der Waals surface area contributed by atoms with E-state index in [1.807, 2.05) is 0 Å². The molecule has 0 aliphatic heterocycles. The van der Waals surface area contributed by atoms with E-state index >= 15 is 0 Å². The summed E-state index contributed by atoms with van der Waals surface area (Å²) in [5.74, 6) is 2.00. The first-order valence-electron chi connectivity index (χ1n) is 5.06. The topological polar surface area (TPSA) is 18.5 Å². The molecule has 0 unspecified atom stereocenters. The average molecular weight is 214 g/mol. The van der Waals surface area contributed by atoms with Crippen LogP contribution < -0.4 is 0 Å². The molecule has 1 rings (SSSR count). The molecule has 14 heavy (non-hydrogen) atoms. The molecule has 2 nitrogen and oxygen atoms in total. The van der Waals surface area contributed by atoms with Gasteiger partial charge < -0.3 is 9.47 Å². The Balaban J connectivity index is 0.000000364. The van der Waals surface area contributed by atoms with Gasteiger partial charge in [0.1, 0.15) is 0 Å². The molecule has 1 aliphatic rings. The fourth-order valence-electron chi connectivity index (χ4n) is 0.949. The summed E-state index contributed by atoms with van der Waals surface area (Å²) in [6, 6.07) is 0. The van der Waals surface area contributed by atoms with E-state index in [0.29, 0.717) is 0 Å². The highest BCUT2D eigenvalue weighted by atomic mass is 28.1. The molecule has 0 aromatic rings. The van der Waals surface area contributed by atoms with Crippen molar-refractivity contribution in [1.82, 2.24) is 0 Å². The molecule has 0 heterocycles. The number of ether oxygens (including phenoxy) is 2. The van der Waals surface area contributed by atoms with Crippen molar-refractivity contribution in [2.24, 2.45) is 0 Å². The summed E-state index contributed by atoms with van der Waals surface area (Å²) in [7, 11) is 4.72. The van der Waals surface area contributed by atoms with Crippen LogP contribution in [0.3, 0.4) is 0 Å². The first kappa shape index (κ1) is 13.3. The third kappa shape index (κ3) is 6.77. The zero-order valence-electron chi connectivity index (χ0n) is 9.96. The molecule has 0 atom stereocenters. The Morgan fingerprint density at radius 3 is 1.79 bits per heavy atom. The van der Waals surface area contributed by atoms with Gasteiger partial charge in [0.15, 0.2) is 0 Å². The maximum atomic E-state index is 5.06. The number of methoxy groups -OCH3 is 2. The smallest absolute Gasteiger partial charge is 0.0993 e. The van der Waals surface area contributed by atoms with Crippen LogP contribution in [0, 0.1) is 0 Å². The minimum Gasteiger partial charge on any atom is -0.501 e. The monoisotopic (exact) mass is 214 g/mol. The highest BCUT2D eigenvalue weighted by Crippen LogP contribution is 2.18. The third-order valence-corrected chi connectivity index (χ3v) is 1.56. The Bertz CT molecular complexity index is 187. The quantitative estimate of drug-likeness (QED) is 0.655. The zero-order valence-corrected chi connectivity index (χ0v) is 12.0. The van der Waals surface area contributed by atoms with Gasteiger partial charge in [-0.2, -0.15) is 0 Å². The van der Waals surface area contributed by atoms with Crippen molar-refractivity contribution >= 4 is 10.2 Å². The van der Waals surface area contributed by atoms with Crippen molar-refractivity contribution in [3.05, 3.63) is 23.7 Å².